The number of nitrogens with one attached hydrogen (secondary N) is 1. The molecule has 1 unspecified atom stereocenters. The van der Waals surface area contributed by atoms with Crippen molar-refractivity contribution in [1.29, 1.82) is 0 Å². The van der Waals surface area contributed by atoms with E-state index in [1.54, 1.807) is 41.9 Å². The molecule has 0 aliphatic heterocycles. The van der Waals surface area contributed by atoms with Gasteiger partial charge in [0.25, 0.3) is 0 Å². The number of sulfonamides is 1. The first-order chi connectivity index (χ1) is 12.8. The predicted octanol–water partition coefficient (Wildman–Crippen LogP) is 3.05. The second kappa shape index (κ2) is 9.92. The van der Waals surface area contributed by atoms with Gasteiger partial charge in [-0.3, -0.25) is 4.79 Å². The minimum atomic E-state index is -3.76. The van der Waals surface area contributed by atoms with Crippen LogP contribution in [0.25, 0.3) is 0 Å². The summed E-state index contributed by atoms with van der Waals surface area (Å²) in [6.07, 6.45) is 2.37. The van der Waals surface area contributed by atoms with Crippen LogP contribution in [0.4, 0.5) is 0 Å². The summed E-state index contributed by atoms with van der Waals surface area (Å²) in [5.74, 6) is 0.457. The second-order valence-corrected chi connectivity index (χ2v) is 9.09. The highest BCUT2D eigenvalue weighted by Crippen LogP contribution is 2.14. The summed E-state index contributed by atoms with van der Waals surface area (Å²) >= 11 is 1.58. The summed E-state index contributed by atoms with van der Waals surface area (Å²) in [7, 11) is -2.05. The molecule has 0 aliphatic carbocycles. The lowest BCUT2D eigenvalue weighted by Gasteiger charge is -2.25. The number of carbonyl (C=O) groups excluding carboxylic acids is 1. The van der Waals surface area contributed by atoms with Crippen molar-refractivity contribution in [2.75, 3.05) is 19.1 Å². The molecule has 1 N–H and O–H groups in total. The Labute approximate surface area is 166 Å². The Bertz CT molecular complexity index is 855. The van der Waals surface area contributed by atoms with Gasteiger partial charge in [-0.2, -0.15) is 16.5 Å². The molecular formula is C20H26N2O3S2. The van der Waals surface area contributed by atoms with Gasteiger partial charge in [0.1, 0.15) is 6.04 Å². The Morgan fingerprint density at radius 1 is 1.11 bits per heavy atom. The third-order valence-electron chi connectivity index (χ3n) is 4.30. The van der Waals surface area contributed by atoms with Crippen LogP contribution in [-0.2, 0) is 21.4 Å². The standard InChI is InChI=1S/C20H26N2O3S2/c1-16-9-7-8-10-17(16)15-22(2)20(23)19(13-14-26-3)21-27(24,25)18-11-5-4-6-12-18/h4-12,19,21H,13-15H2,1-3H3. The molecule has 1 atom stereocenters. The molecule has 0 saturated heterocycles. The number of nitrogens with zero attached hydrogens (tertiary/aromatic N) is 1. The molecule has 1 amide bonds. The highest BCUT2D eigenvalue weighted by Gasteiger charge is 2.27. The number of likely N-dealkylation sites (N-methyl/N-ethyl adjacent to an activating group) is 1. The molecule has 0 heterocycles. The quantitative estimate of drug-likeness (QED) is 0.695. The molecule has 0 spiro atoms. The van der Waals surface area contributed by atoms with E-state index in [0.717, 1.165) is 11.1 Å². The smallest absolute Gasteiger partial charge is 0.241 e. The van der Waals surface area contributed by atoms with E-state index in [9.17, 15) is 13.2 Å². The minimum Gasteiger partial charge on any atom is -0.340 e. The van der Waals surface area contributed by atoms with Crippen LogP contribution in [0.5, 0.6) is 0 Å². The topological polar surface area (TPSA) is 66.5 Å². The highest BCUT2D eigenvalue weighted by molar-refractivity contribution is 7.98. The van der Waals surface area contributed by atoms with Crippen molar-refractivity contribution in [2.24, 2.45) is 0 Å². The lowest BCUT2D eigenvalue weighted by Crippen LogP contribution is -2.47. The van der Waals surface area contributed by atoms with Crippen molar-refractivity contribution < 1.29 is 13.2 Å². The van der Waals surface area contributed by atoms with Gasteiger partial charge in [-0.1, -0.05) is 42.5 Å². The molecule has 2 rings (SSSR count). The molecule has 27 heavy (non-hydrogen) atoms. The first-order valence-corrected chi connectivity index (χ1v) is 11.6. The summed E-state index contributed by atoms with van der Waals surface area (Å²) in [5, 5.41) is 0. The average Bonchev–Trinajstić information content (AvgIpc) is 2.67. The van der Waals surface area contributed by atoms with Crippen molar-refractivity contribution in [3.05, 3.63) is 65.7 Å². The van der Waals surface area contributed by atoms with Gasteiger partial charge in [0, 0.05) is 13.6 Å². The largest absolute Gasteiger partial charge is 0.340 e. The fourth-order valence-corrected chi connectivity index (χ4v) is 4.43. The fourth-order valence-electron chi connectivity index (χ4n) is 2.71. The molecule has 0 saturated carbocycles. The molecule has 0 fully saturated rings. The second-order valence-electron chi connectivity index (χ2n) is 6.39. The monoisotopic (exact) mass is 406 g/mol. The van der Waals surface area contributed by atoms with E-state index in [-0.39, 0.29) is 10.8 Å². The zero-order valence-electron chi connectivity index (χ0n) is 15.9. The SMILES string of the molecule is CSCCC(NS(=O)(=O)c1ccccc1)C(=O)N(C)Cc1ccccc1C. The van der Waals surface area contributed by atoms with Gasteiger partial charge in [-0.25, -0.2) is 8.42 Å². The van der Waals surface area contributed by atoms with Crippen LogP contribution in [0, 0.1) is 6.92 Å². The predicted molar refractivity (Wildman–Crippen MR) is 111 cm³/mol. The lowest BCUT2D eigenvalue weighted by atomic mass is 10.1. The van der Waals surface area contributed by atoms with Crippen LogP contribution < -0.4 is 4.72 Å². The van der Waals surface area contributed by atoms with E-state index in [2.05, 4.69) is 4.72 Å². The first kappa shape index (κ1) is 21.5. The average molecular weight is 407 g/mol. The van der Waals surface area contributed by atoms with E-state index >= 15 is 0 Å². The molecular weight excluding hydrogens is 380 g/mol. The van der Waals surface area contributed by atoms with Crippen molar-refractivity contribution in [3.63, 3.8) is 0 Å². The van der Waals surface area contributed by atoms with Gasteiger partial charge >= 0.3 is 0 Å². The maximum absolute atomic E-state index is 13.0. The number of amides is 1. The van der Waals surface area contributed by atoms with Crippen LogP contribution in [0.2, 0.25) is 0 Å². The third kappa shape index (κ3) is 6.09. The summed E-state index contributed by atoms with van der Waals surface area (Å²) in [6.45, 7) is 2.44. The van der Waals surface area contributed by atoms with Crippen LogP contribution in [0.1, 0.15) is 17.5 Å². The summed E-state index contributed by atoms with van der Waals surface area (Å²) in [5.41, 5.74) is 2.14. The molecule has 2 aromatic rings. The molecule has 7 heteroatoms. The van der Waals surface area contributed by atoms with Gasteiger partial charge in [-0.15, -0.1) is 0 Å². The Morgan fingerprint density at radius 3 is 2.37 bits per heavy atom. The number of carbonyl (C=O) groups is 1. The number of aryl methyl sites for hydroxylation is 1. The Morgan fingerprint density at radius 2 is 1.74 bits per heavy atom. The zero-order valence-corrected chi connectivity index (χ0v) is 17.5. The van der Waals surface area contributed by atoms with Crippen molar-refractivity contribution in [1.82, 2.24) is 9.62 Å². The van der Waals surface area contributed by atoms with Gasteiger partial charge in [0.2, 0.25) is 15.9 Å². The maximum atomic E-state index is 13.0. The molecule has 0 aliphatic rings. The molecule has 0 aromatic heterocycles. The van der Waals surface area contributed by atoms with E-state index in [1.165, 1.54) is 12.1 Å². The van der Waals surface area contributed by atoms with Crippen LogP contribution in [-0.4, -0.2) is 44.3 Å². The third-order valence-corrected chi connectivity index (χ3v) is 6.44. The van der Waals surface area contributed by atoms with E-state index in [4.69, 9.17) is 0 Å². The normalized spacial score (nSPS) is 12.6. The number of hydrogen-bond donors (Lipinski definition) is 1. The molecule has 146 valence electrons. The van der Waals surface area contributed by atoms with Crippen LogP contribution >= 0.6 is 11.8 Å². The maximum Gasteiger partial charge on any atom is 0.241 e. The van der Waals surface area contributed by atoms with Crippen molar-refractivity contribution in [3.8, 4) is 0 Å². The summed E-state index contributed by atoms with van der Waals surface area (Å²) < 4.78 is 27.9. The van der Waals surface area contributed by atoms with Gasteiger partial charge in [0.15, 0.2) is 0 Å². The van der Waals surface area contributed by atoms with E-state index in [1.807, 2.05) is 37.4 Å². The Kier molecular flexibility index (Phi) is 7.89. The summed E-state index contributed by atoms with van der Waals surface area (Å²) in [6, 6.07) is 15.2. The first-order valence-electron chi connectivity index (χ1n) is 8.71. The zero-order chi connectivity index (χ0) is 19.9. The number of rotatable bonds is 9. The Balaban J connectivity index is 2.17. The van der Waals surface area contributed by atoms with E-state index in [0.29, 0.717) is 18.7 Å². The van der Waals surface area contributed by atoms with Crippen molar-refractivity contribution >= 4 is 27.7 Å². The van der Waals surface area contributed by atoms with Crippen molar-refractivity contribution in [2.45, 2.75) is 30.8 Å². The van der Waals surface area contributed by atoms with Gasteiger partial charge in [-0.05, 0) is 48.6 Å². The Hall–Kier alpha value is -1.83. The van der Waals surface area contributed by atoms with Gasteiger partial charge < -0.3 is 4.90 Å². The van der Waals surface area contributed by atoms with Crippen LogP contribution in [0.15, 0.2) is 59.5 Å². The number of thioether (sulfide) groups is 1. The van der Waals surface area contributed by atoms with Gasteiger partial charge in [0.05, 0.1) is 4.90 Å². The summed E-state index contributed by atoms with van der Waals surface area (Å²) in [4.78, 5) is 14.7. The van der Waals surface area contributed by atoms with E-state index < -0.39 is 16.1 Å². The molecule has 5 nitrogen and oxygen atoms in total. The lowest BCUT2D eigenvalue weighted by molar-refractivity contribution is -0.132. The molecule has 0 radical (unpaired) electrons. The number of hydrogen-bond acceptors (Lipinski definition) is 4. The fraction of sp³-hybridized carbons (Fsp3) is 0.350. The molecule has 2 aromatic carbocycles. The number of benzene rings is 2. The molecule has 0 bridgehead atoms. The highest BCUT2D eigenvalue weighted by atomic mass is 32.2. The van der Waals surface area contributed by atoms with Crippen LogP contribution in [0.3, 0.4) is 0 Å². The minimum absolute atomic E-state index is 0.161.